The van der Waals surface area contributed by atoms with E-state index >= 15 is 0 Å². The first-order valence-electron chi connectivity index (χ1n) is 8.08. The number of rotatable bonds is 5. The average molecular weight is 278 g/mol. The first-order valence-corrected chi connectivity index (χ1v) is 8.08. The van der Waals surface area contributed by atoms with Crippen molar-refractivity contribution in [2.75, 3.05) is 6.54 Å². The van der Waals surface area contributed by atoms with Crippen LogP contribution < -0.4 is 5.32 Å². The molecule has 0 unspecified atom stereocenters. The van der Waals surface area contributed by atoms with Gasteiger partial charge in [-0.1, -0.05) is 20.8 Å². The van der Waals surface area contributed by atoms with Crippen molar-refractivity contribution in [3.8, 4) is 0 Å². The van der Waals surface area contributed by atoms with Crippen molar-refractivity contribution in [1.29, 1.82) is 0 Å². The van der Waals surface area contributed by atoms with Crippen LogP contribution in [0.4, 0.5) is 0 Å². The van der Waals surface area contributed by atoms with Crippen LogP contribution in [0.3, 0.4) is 0 Å². The summed E-state index contributed by atoms with van der Waals surface area (Å²) in [6.07, 6.45) is 7.33. The van der Waals surface area contributed by atoms with E-state index in [4.69, 9.17) is 0 Å². The summed E-state index contributed by atoms with van der Waals surface area (Å²) in [5, 5.41) is 11.7. The van der Waals surface area contributed by atoms with E-state index < -0.39 is 0 Å². The standard InChI is InChI=1S/C16H30N4/c1-5-20-12-18-19-15(20)11-17-10-13-6-8-14(9-7-13)16(2,3)4/h12-14,17H,5-11H2,1-4H3. The minimum absolute atomic E-state index is 0.482. The first-order chi connectivity index (χ1) is 9.50. The van der Waals surface area contributed by atoms with Gasteiger partial charge in [-0.2, -0.15) is 0 Å². The summed E-state index contributed by atoms with van der Waals surface area (Å²) in [7, 11) is 0. The van der Waals surface area contributed by atoms with Crippen LogP contribution in [0, 0.1) is 17.3 Å². The Morgan fingerprint density at radius 1 is 1.25 bits per heavy atom. The summed E-state index contributed by atoms with van der Waals surface area (Å²) in [6, 6.07) is 0. The van der Waals surface area contributed by atoms with Gasteiger partial charge in [-0.05, 0) is 56.4 Å². The average Bonchev–Trinajstić information content (AvgIpc) is 2.86. The summed E-state index contributed by atoms with van der Waals surface area (Å²) in [6.45, 7) is 12.2. The van der Waals surface area contributed by atoms with E-state index in [1.807, 2.05) is 6.33 Å². The molecule has 0 aliphatic heterocycles. The zero-order valence-electron chi connectivity index (χ0n) is 13.5. The first kappa shape index (κ1) is 15.5. The number of hydrogen-bond donors (Lipinski definition) is 1. The van der Waals surface area contributed by atoms with E-state index in [1.54, 1.807) is 0 Å². The topological polar surface area (TPSA) is 42.7 Å². The number of hydrogen-bond acceptors (Lipinski definition) is 3. The Labute approximate surface area is 123 Å². The maximum Gasteiger partial charge on any atom is 0.146 e. The van der Waals surface area contributed by atoms with Crippen LogP contribution in [0.5, 0.6) is 0 Å². The Hall–Kier alpha value is -0.900. The van der Waals surface area contributed by atoms with E-state index in [0.29, 0.717) is 5.41 Å². The molecule has 0 bridgehead atoms. The molecule has 1 aromatic heterocycles. The molecule has 1 aromatic rings. The van der Waals surface area contributed by atoms with Crippen molar-refractivity contribution in [2.45, 2.75) is 66.5 Å². The normalized spacial score (nSPS) is 24.0. The predicted molar refractivity (Wildman–Crippen MR) is 82.3 cm³/mol. The van der Waals surface area contributed by atoms with E-state index in [-0.39, 0.29) is 0 Å². The molecule has 2 rings (SSSR count). The number of aromatic nitrogens is 3. The quantitative estimate of drug-likeness (QED) is 0.899. The van der Waals surface area contributed by atoms with Crippen LogP contribution >= 0.6 is 0 Å². The van der Waals surface area contributed by atoms with Crippen LogP contribution in [0.1, 0.15) is 59.2 Å². The highest BCUT2D eigenvalue weighted by atomic mass is 15.3. The van der Waals surface area contributed by atoms with Gasteiger partial charge in [0, 0.05) is 6.54 Å². The summed E-state index contributed by atoms with van der Waals surface area (Å²) in [4.78, 5) is 0. The van der Waals surface area contributed by atoms with Crippen molar-refractivity contribution in [2.24, 2.45) is 17.3 Å². The maximum atomic E-state index is 4.16. The van der Waals surface area contributed by atoms with Crippen LogP contribution in [0.15, 0.2) is 6.33 Å². The third kappa shape index (κ3) is 4.05. The molecule has 1 aliphatic carbocycles. The summed E-state index contributed by atoms with van der Waals surface area (Å²) in [5.74, 6) is 2.80. The highest BCUT2D eigenvalue weighted by Gasteiger charge is 2.29. The zero-order valence-corrected chi connectivity index (χ0v) is 13.5. The Morgan fingerprint density at radius 3 is 2.55 bits per heavy atom. The molecule has 4 heteroatoms. The van der Waals surface area contributed by atoms with Gasteiger partial charge in [-0.15, -0.1) is 10.2 Å². The Bertz CT molecular complexity index is 397. The number of nitrogens with one attached hydrogen (secondary N) is 1. The Morgan fingerprint density at radius 2 is 1.95 bits per heavy atom. The van der Waals surface area contributed by atoms with E-state index in [0.717, 1.165) is 37.3 Å². The number of nitrogens with zero attached hydrogens (tertiary/aromatic N) is 3. The monoisotopic (exact) mass is 278 g/mol. The van der Waals surface area contributed by atoms with Crippen LogP contribution in [0.25, 0.3) is 0 Å². The smallest absolute Gasteiger partial charge is 0.146 e. The molecule has 0 saturated heterocycles. The van der Waals surface area contributed by atoms with E-state index in [2.05, 4.69) is 47.8 Å². The lowest BCUT2D eigenvalue weighted by atomic mass is 9.70. The minimum atomic E-state index is 0.482. The molecule has 0 radical (unpaired) electrons. The summed E-state index contributed by atoms with van der Waals surface area (Å²) in [5.41, 5.74) is 0.482. The van der Waals surface area contributed by atoms with E-state index in [1.165, 1.54) is 25.7 Å². The predicted octanol–water partition coefficient (Wildman–Crippen LogP) is 3.24. The largest absolute Gasteiger partial charge is 0.317 e. The SMILES string of the molecule is CCn1cnnc1CNCC1CCC(C(C)(C)C)CC1. The second kappa shape index (κ2) is 6.70. The van der Waals surface area contributed by atoms with Gasteiger partial charge in [0.2, 0.25) is 0 Å². The third-order valence-electron chi connectivity index (χ3n) is 4.82. The highest BCUT2D eigenvalue weighted by Crippen LogP contribution is 2.39. The van der Waals surface area contributed by atoms with Gasteiger partial charge < -0.3 is 9.88 Å². The summed E-state index contributed by atoms with van der Waals surface area (Å²) >= 11 is 0. The van der Waals surface area contributed by atoms with Crippen LogP contribution in [-0.4, -0.2) is 21.3 Å². The molecule has 1 saturated carbocycles. The highest BCUT2D eigenvalue weighted by molar-refractivity contribution is 4.86. The van der Waals surface area contributed by atoms with Gasteiger partial charge in [0.05, 0.1) is 6.54 Å². The molecule has 0 atom stereocenters. The summed E-state index contributed by atoms with van der Waals surface area (Å²) < 4.78 is 2.10. The third-order valence-corrected chi connectivity index (χ3v) is 4.82. The molecule has 114 valence electrons. The van der Waals surface area contributed by atoms with Crippen molar-refractivity contribution < 1.29 is 0 Å². The Balaban J connectivity index is 1.69. The lowest BCUT2D eigenvalue weighted by molar-refractivity contribution is 0.149. The van der Waals surface area contributed by atoms with Gasteiger partial charge in [0.1, 0.15) is 12.2 Å². The number of aryl methyl sites for hydroxylation is 1. The van der Waals surface area contributed by atoms with Crippen molar-refractivity contribution in [3.05, 3.63) is 12.2 Å². The maximum absolute atomic E-state index is 4.16. The molecule has 20 heavy (non-hydrogen) atoms. The second-order valence-corrected chi connectivity index (χ2v) is 7.25. The minimum Gasteiger partial charge on any atom is -0.317 e. The van der Waals surface area contributed by atoms with Gasteiger partial charge in [0.15, 0.2) is 0 Å². The van der Waals surface area contributed by atoms with Gasteiger partial charge in [0.25, 0.3) is 0 Å². The fourth-order valence-electron chi connectivity index (χ4n) is 3.30. The molecular weight excluding hydrogens is 248 g/mol. The molecule has 1 N–H and O–H groups in total. The fraction of sp³-hybridized carbons (Fsp3) is 0.875. The van der Waals surface area contributed by atoms with E-state index in [9.17, 15) is 0 Å². The van der Waals surface area contributed by atoms with Crippen LogP contribution in [0.2, 0.25) is 0 Å². The Kier molecular flexibility index (Phi) is 5.19. The molecule has 4 nitrogen and oxygen atoms in total. The molecule has 1 heterocycles. The fourth-order valence-corrected chi connectivity index (χ4v) is 3.30. The van der Waals surface area contributed by atoms with Crippen molar-refractivity contribution >= 4 is 0 Å². The molecule has 0 spiro atoms. The lowest BCUT2D eigenvalue weighted by Crippen LogP contribution is -2.31. The van der Waals surface area contributed by atoms with Gasteiger partial charge in [-0.25, -0.2) is 0 Å². The zero-order chi connectivity index (χ0) is 14.6. The van der Waals surface area contributed by atoms with Gasteiger partial charge in [-0.3, -0.25) is 0 Å². The molecule has 0 amide bonds. The van der Waals surface area contributed by atoms with Crippen LogP contribution in [-0.2, 0) is 13.1 Å². The molecule has 1 aliphatic rings. The molecule has 1 fully saturated rings. The van der Waals surface area contributed by atoms with Gasteiger partial charge >= 0.3 is 0 Å². The second-order valence-electron chi connectivity index (χ2n) is 7.25. The van der Waals surface area contributed by atoms with Crippen molar-refractivity contribution in [1.82, 2.24) is 20.1 Å². The lowest BCUT2D eigenvalue weighted by Gasteiger charge is -2.37. The van der Waals surface area contributed by atoms with Crippen molar-refractivity contribution in [3.63, 3.8) is 0 Å². The molecular formula is C16H30N4. The molecule has 0 aromatic carbocycles.